The van der Waals surface area contributed by atoms with E-state index in [1.165, 1.54) is 30.3 Å². The Hall–Kier alpha value is -4.78. The maximum Gasteiger partial charge on any atom is 0.416 e. The first-order valence-corrected chi connectivity index (χ1v) is 11.9. The Balaban J connectivity index is 1.82. The highest BCUT2D eigenvalue weighted by Gasteiger charge is 2.31. The summed E-state index contributed by atoms with van der Waals surface area (Å²) in [5, 5.41) is 15.7. The lowest BCUT2D eigenvalue weighted by Crippen LogP contribution is -2.20. The number of esters is 1. The first kappa shape index (κ1) is 28.2. The number of hydrogen-bond donors (Lipinski definition) is 0. The van der Waals surface area contributed by atoms with E-state index in [0.717, 1.165) is 29.1 Å². The molecular formula is C26H18ClF3N4O6. The van der Waals surface area contributed by atoms with Crippen molar-refractivity contribution < 1.29 is 32.4 Å². The molecule has 0 saturated heterocycles. The number of halogens is 4. The van der Waals surface area contributed by atoms with Crippen LogP contribution in [-0.2, 0) is 15.7 Å². The maximum atomic E-state index is 13.4. The highest BCUT2D eigenvalue weighted by molar-refractivity contribution is 6.32. The Morgan fingerprint density at radius 2 is 1.93 bits per heavy atom. The molecule has 0 bridgehead atoms. The predicted molar refractivity (Wildman–Crippen MR) is 140 cm³/mol. The minimum absolute atomic E-state index is 0.0402. The van der Waals surface area contributed by atoms with Gasteiger partial charge in [-0.2, -0.15) is 22.9 Å². The van der Waals surface area contributed by atoms with Crippen LogP contribution >= 0.6 is 11.6 Å². The van der Waals surface area contributed by atoms with Crippen molar-refractivity contribution in [1.29, 1.82) is 0 Å². The summed E-state index contributed by atoms with van der Waals surface area (Å²) in [6.45, 7) is 1.04. The average molecular weight is 575 g/mol. The maximum absolute atomic E-state index is 13.4. The van der Waals surface area contributed by atoms with E-state index < -0.39 is 40.5 Å². The number of rotatable bonds is 8. The van der Waals surface area contributed by atoms with Crippen LogP contribution in [0.1, 0.15) is 18.1 Å². The second-order valence-electron chi connectivity index (χ2n) is 8.09. The number of nitro benzene ring substituents is 1. The molecule has 0 atom stereocenters. The van der Waals surface area contributed by atoms with Crippen LogP contribution in [0.15, 0.2) is 70.6 Å². The summed E-state index contributed by atoms with van der Waals surface area (Å²) >= 11 is 6.19. The van der Waals surface area contributed by atoms with E-state index in [2.05, 4.69) is 10.1 Å². The fourth-order valence-electron chi connectivity index (χ4n) is 3.66. The van der Waals surface area contributed by atoms with Crippen LogP contribution in [0.4, 0.5) is 18.9 Å². The third-order valence-corrected chi connectivity index (χ3v) is 5.69. The molecule has 14 heteroatoms. The quantitative estimate of drug-likeness (QED) is 0.118. The molecule has 0 aliphatic rings. The lowest BCUT2D eigenvalue weighted by atomic mass is 10.1. The molecule has 0 aliphatic carbocycles. The van der Waals surface area contributed by atoms with Crippen molar-refractivity contribution in [1.82, 2.24) is 9.66 Å². The number of ether oxygens (including phenoxy) is 2. The molecule has 0 spiro atoms. The Morgan fingerprint density at radius 3 is 2.62 bits per heavy atom. The molecular weight excluding hydrogens is 557 g/mol. The van der Waals surface area contributed by atoms with E-state index in [1.807, 2.05) is 0 Å². The van der Waals surface area contributed by atoms with E-state index >= 15 is 0 Å². The van der Waals surface area contributed by atoms with E-state index in [-0.39, 0.29) is 45.2 Å². The molecule has 0 unspecified atom stereocenters. The van der Waals surface area contributed by atoms with Gasteiger partial charge < -0.3 is 9.47 Å². The number of carbonyl (C=O) groups is 1. The van der Waals surface area contributed by atoms with Crippen LogP contribution < -0.4 is 10.3 Å². The molecule has 4 aromatic rings. The smallest absolute Gasteiger partial charge is 0.416 e. The van der Waals surface area contributed by atoms with Crippen LogP contribution in [0, 0.1) is 10.1 Å². The summed E-state index contributed by atoms with van der Waals surface area (Å²) in [6, 6.07) is 12.7. The molecule has 0 fully saturated rings. The van der Waals surface area contributed by atoms with Crippen LogP contribution in [0.2, 0.25) is 5.02 Å². The average Bonchev–Trinajstić information content (AvgIpc) is 2.91. The highest BCUT2D eigenvalue weighted by atomic mass is 35.5. The van der Waals surface area contributed by atoms with E-state index in [9.17, 15) is 32.9 Å². The zero-order chi connectivity index (χ0) is 29.0. The predicted octanol–water partition coefficient (Wildman–Crippen LogP) is 5.47. The Labute approximate surface area is 228 Å². The van der Waals surface area contributed by atoms with Crippen molar-refractivity contribution in [2.75, 3.05) is 13.2 Å². The Bertz CT molecular complexity index is 1700. The van der Waals surface area contributed by atoms with E-state index in [1.54, 1.807) is 19.1 Å². The second kappa shape index (κ2) is 11.5. The highest BCUT2D eigenvalue weighted by Crippen LogP contribution is 2.36. The van der Waals surface area contributed by atoms with Gasteiger partial charge in [0.1, 0.15) is 0 Å². The number of benzene rings is 3. The zero-order valence-electron chi connectivity index (χ0n) is 20.5. The van der Waals surface area contributed by atoms with Gasteiger partial charge in [-0.15, -0.1) is 0 Å². The lowest BCUT2D eigenvalue weighted by Gasteiger charge is -2.12. The molecule has 40 heavy (non-hydrogen) atoms. The van der Waals surface area contributed by atoms with Crippen molar-refractivity contribution in [2.24, 2.45) is 5.10 Å². The first-order chi connectivity index (χ1) is 19.0. The third kappa shape index (κ3) is 6.10. The monoisotopic (exact) mass is 574 g/mol. The van der Waals surface area contributed by atoms with Crippen molar-refractivity contribution in [3.8, 4) is 17.1 Å². The molecule has 3 aromatic carbocycles. The Kier molecular flexibility index (Phi) is 8.14. The molecule has 206 valence electrons. The molecule has 0 aliphatic heterocycles. The number of hydrogen-bond acceptors (Lipinski definition) is 8. The number of nitro groups is 1. The number of fused-ring (bicyclic) bond motifs is 1. The van der Waals surface area contributed by atoms with Gasteiger partial charge >= 0.3 is 17.8 Å². The van der Waals surface area contributed by atoms with Gasteiger partial charge in [0.2, 0.25) is 5.75 Å². The minimum Gasteiger partial charge on any atom is -0.474 e. The Morgan fingerprint density at radius 1 is 1.18 bits per heavy atom. The normalized spacial score (nSPS) is 11.6. The zero-order valence-corrected chi connectivity index (χ0v) is 21.3. The molecule has 0 amide bonds. The van der Waals surface area contributed by atoms with Gasteiger partial charge in [0.25, 0.3) is 5.56 Å². The van der Waals surface area contributed by atoms with Gasteiger partial charge in [-0.1, -0.05) is 35.9 Å². The fraction of sp³-hybridized carbons (Fsp3) is 0.154. The van der Waals surface area contributed by atoms with Gasteiger partial charge in [0.15, 0.2) is 12.4 Å². The van der Waals surface area contributed by atoms with Crippen LogP contribution in [0.3, 0.4) is 0 Å². The largest absolute Gasteiger partial charge is 0.474 e. The van der Waals surface area contributed by atoms with Crippen molar-refractivity contribution >= 4 is 40.4 Å². The van der Waals surface area contributed by atoms with E-state index in [4.69, 9.17) is 21.1 Å². The SMILES string of the molecule is CCOC(=O)COc1c(Cl)cc(C=Nn2c(-c3cccc(C(F)(F)F)c3)nc3ccccc3c2=O)cc1[N+](=O)[O-]. The second-order valence-corrected chi connectivity index (χ2v) is 8.50. The number of carbonyl (C=O) groups excluding carboxylic acids is 1. The van der Waals surface area contributed by atoms with Gasteiger partial charge in [-0.05, 0) is 37.3 Å². The lowest BCUT2D eigenvalue weighted by molar-refractivity contribution is -0.385. The van der Waals surface area contributed by atoms with E-state index in [0.29, 0.717) is 0 Å². The summed E-state index contributed by atoms with van der Waals surface area (Å²) < 4.78 is 50.8. The van der Waals surface area contributed by atoms with Crippen molar-refractivity contribution in [2.45, 2.75) is 13.1 Å². The number of para-hydroxylation sites is 1. The standard InChI is InChI=1S/C26H18ClF3N4O6/c1-2-39-22(35)14-40-23-19(27)10-15(11-21(23)34(37)38)13-31-33-24(16-6-5-7-17(12-16)26(28,29)30)32-20-9-4-3-8-18(20)25(33)36/h3-13H,2,14H2,1H3. The van der Waals surface area contributed by atoms with Crippen LogP contribution in [0.5, 0.6) is 5.75 Å². The fourth-order valence-corrected chi connectivity index (χ4v) is 3.94. The van der Waals surface area contributed by atoms with Crippen LogP contribution in [-0.4, -0.2) is 40.0 Å². The molecule has 0 saturated carbocycles. The van der Waals surface area contributed by atoms with Gasteiger partial charge in [-0.25, -0.2) is 9.78 Å². The number of aromatic nitrogens is 2. The molecule has 0 radical (unpaired) electrons. The molecule has 0 N–H and O–H groups in total. The third-order valence-electron chi connectivity index (χ3n) is 5.41. The number of nitrogens with zero attached hydrogens (tertiary/aromatic N) is 4. The van der Waals surface area contributed by atoms with Gasteiger partial charge in [0.05, 0.1) is 39.2 Å². The molecule has 1 aromatic heterocycles. The van der Waals surface area contributed by atoms with Crippen molar-refractivity contribution in [3.05, 3.63) is 97.3 Å². The molecule has 10 nitrogen and oxygen atoms in total. The van der Waals surface area contributed by atoms with Crippen LogP contribution in [0.25, 0.3) is 22.3 Å². The van der Waals surface area contributed by atoms with Crippen molar-refractivity contribution in [3.63, 3.8) is 0 Å². The molecule has 4 rings (SSSR count). The first-order valence-electron chi connectivity index (χ1n) is 11.5. The molecule has 1 heterocycles. The summed E-state index contributed by atoms with van der Waals surface area (Å²) in [4.78, 5) is 40.2. The van der Waals surface area contributed by atoms with Gasteiger partial charge in [-0.3, -0.25) is 14.9 Å². The van der Waals surface area contributed by atoms with Gasteiger partial charge in [0, 0.05) is 17.2 Å². The topological polar surface area (TPSA) is 126 Å². The minimum atomic E-state index is -4.64. The summed E-state index contributed by atoms with van der Waals surface area (Å²) in [5.74, 6) is -1.34. The summed E-state index contributed by atoms with van der Waals surface area (Å²) in [6.07, 6.45) is -3.59. The number of alkyl halides is 3. The summed E-state index contributed by atoms with van der Waals surface area (Å²) in [5.41, 5.74) is -2.00. The summed E-state index contributed by atoms with van der Waals surface area (Å²) in [7, 11) is 0.